The average Bonchev–Trinajstić information content (AvgIpc) is 3.20. The van der Waals surface area contributed by atoms with E-state index in [4.69, 9.17) is 18.5 Å². The van der Waals surface area contributed by atoms with Gasteiger partial charge in [0, 0.05) is 13.0 Å². The fourth-order valence-corrected chi connectivity index (χ4v) is 6.52. The highest BCUT2D eigenvalue weighted by Gasteiger charge is 2.26. The Balaban J connectivity index is 4.35. The number of quaternary nitrogens is 1. The summed E-state index contributed by atoms with van der Waals surface area (Å²) in [7, 11) is 1.61. The van der Waals surface area contributed by atoms with Crippen LogP contribution in [-0.4, -0.2) is 75.6 Å². The van der Waals surface area contributed by atoms with Gasteiger partial charge >= 0.3 is 13.8 Å². The van der Waals surface area contributed by atoms with Crippen molar-refractivity contribution >= 4 is 13.8 Å². The SMILES string of the molecule is CC/C=C\C/C=C\C/C=C\C/C=C\C/C=C\C/C=C\CCCOCC(COP(=O)(O)OCC[N+](C)(C)C)OC(=O)CCCCCCCCC/C=C\C/C=C\CCCCCC. The fourth-order valence-electron chi connectivity index (χ4n) is 5.77. The molecule has 0 saturated heterocycles. The van der Waals surface area contributed by atoms with E-state index in [9.17, 15) is 14.3 Å². The highest BCUT2D eigenvalue weighted by Crippen LogP contribution is 2.43. The molecule has 0 saturated carbocycles. The fraction of sp³-hybridized carbons (Fsp3) is 0.667. The molecular weight excluding hydrogens is 770 g/mol. The van der Waals surface area contributed by atoms with E-state index in [0.29, 0.717) is 24.1 Å². The lowest BCUT2D eigenvalue weighted by molar-refractivity contribution is -0.870. The lowest BCUT2D eigenvalue weighted by Crippen LogP contribution is -2.37. The lowest BCUT2D eigenvalue weighted by Gasteiger charge is -2.24. The smallest absolute Gasteiger partial charge is 0.457 e. The number of carbonyl (C=O) groups excluding carboxylic acids is 1. The number of hydrogen-bond acceptors (Lipinski definition) is 6. The van der Waals surface area contributed by atoms with Gasteiger partial charge in [0.25, 0.3) is 0 Å². The number of ether oxygens (including phenoxy) is 2. The van der Waals surface area contributed by atoms with E-state index in [1.807, 2.05) is 21.1 Å². The number of phosphoric ester groups is 1. The van der Waals surface area contributed by atoms with Gasteiger partial charge in [-0.15, -0.1) is 0 Å². The van der Waals surface area contributed by atoms with Crippen LogP contribution in [0.15, 0.2) is 97.2 Å². The summed E-state index contributed by atoms with van der Waals surface area (Å²) in [5.41, 5.74) is 0. The standard InChI is InChI=1S/C51H88NO7P/c1-6-8-10-12-14-16-18-20-22-24-26-27-29-31-33-35-37-39-41-43-46-56-48-50(49-58-60(54,55)57-47-45-52(3,4)5)59-51(53)44-42-40-38-36-34-32-30-28-25-23-21-19-17-15-13-11-9-7-2/h8,10,14,16-17,19-20,22-23,25-27,31,33,37,39,50H,6-7,9,11-13,15,18,21,24,28-30,32,34-36,38,40-49H2,1-5H3/p+1/b10-8-,16-14-,19-17-,22-20-,25-23-,27-26-,33-31-,39-37-. The van der Waals surface area contributed by atoms with Gasteiger partial charge in [0.15, 0.2) is 0 Å². The van der Waals surface area contributed by atoms with Gasteiger partial charge in [-0.25, -0.2) is 4.57 Å². The number of allylic oxidation sites excluding steroid dienone is 16. The number of unbranched alkanes of at least 4 members (excludes halogenated alkanes) is 12. The van der Waals surface area contributed by atoms with E-state index in [1.165, 1.54) is 57.8 Å². The quantitative estimate of drug-likeness (QED) is 0.0215. The maximum atomic E-state index is 12.7. The molecule has 0 amide bonds. The van der Waals surface area contributed by atoms with Crippen LogP contribution >= 0.6 is 7.82 Å². The van der Waals surface area contributed by atoms with E-state index in [1.54, 1.807) is 0 Å². The van der Waals surface area contributed by atoms with Crippen molar-refractivity contribution in [2.45, 2.75) is 168 Å². The van der Waals surface area contributed by atoms with Crippen molar-refractivity contribution in [1.29, 1.82) is 0 Å². The Kier molecular flexibility index (Phi) is 41.2. The molecule has 0 aromatic rings. The van der Waals surface area contributed by atoms with Gasteiger partial charge < -0.3 is 18.9 Å². The Morgan fingerprint density at radius 1 is 0.533 bits per heavy atom. The van der Waals surface area contributed by atoms with Crippen LogP contribution < -0.4 is 0 Å². The van der Waals surface area contributed by atoms with E-state index in [2.05, 4.69) is 111 Å². The number of nitrogens with zero attached hydrogens (tertiary/aromatic N) is 1. The van der Waals surface area contributed by atoms with Gasteiger partial charge in [0.2, 0.25) is 0 Å². The summed E-state index contributed by atoms with van der Waals surface area (Å²) in [4.78, 5) is 22.9. The van der Waals surface area contributed by atoms with Crippen molar-refractivity contribution in [3.63, 3.8) is 0 Å². The van der Waals surface area contributed by atoms with Crippen LogP contribution in [-0.2, 0) is 27.9 Å². The van der Waals surface area contributed by atoms with E-state index in [-0.39, 0.29) is 25.8 Å². The minimum atomic E-state index is -4.30. The molecule has 0 aromatic heterocycles. The summed E-state index contributed by atoms with van der Waals surface area (Å²) in [6.45, 7) is 5.30. The molecule has 9 heteroatoms. The van der Waals surface area contributed by atoms with Gasteiger partial charge in [-0.05, 0) is 89.9 Å². The van der Waals surface area contributed by atoms with Gasteiger partial charge in [0.05, 0.1) is 34.4 Å². The summed E-state index contributed by atoms with van der Waals surface area (Å²) < 4.78 is 35.0. The largest absolute Gasteiger partial charge is 0.472 e. The number of phosphoric acid groups is 1. The Bertz CT molecular complexity index is 1270. The summed E-state index contributed by atoms with van der Waals surface area (Å²) in [5.74, 6) is -0.345. The summed E-state index contributed by atoms with van der Waals surface area (Å²) in [6, 6.07) is 0. The van der Waals surface area contributed by atoms with E-state index in [0.717, 1.165) is 83.5 Å². The zero-order valence-corrected chi connectivity index (χ0v) is 39.8. The van der Waals surface area contributed by atoms with Gasteiger partial charge in [-0.2, -0.15) is 0 Å². The van der Waals surface area contributed by atoms with E-state index < -0.39 is 13.9 Å². The third kappa shape index (κ3) is 46.5. The zero-order chi connectivity index (χ0) is 44.1. The van der Waals surface area contributed by atoms with Crippen molar-refractivity contribution in [3.05, 3.63) is 97.2 Å². The van der Waals surface area contributed by atoms with Crippen LogP contribution in [0.4, 0.5) is 0 Å². The molecule has 0 radical (unpaired) electrons. The molecule has 0 bridgehead atoms. The monoisotopic (exact) mass is 859 g/mol. The van der Waals surface area contributed by atoms with Crippen LogP contribution in [0.2, 0.25) is 0 Å². The molecule has 344 valence electrons. The molecule has 1 N–H and O–H groups in total. The first kappa shape index (κ1) is 57.4. The van der Waals surface area contributed by atoms with Crippen LogP contribution in [0.1, 0.15) is 162 Å². The number of rotatable bonds is 42. The highest BCUT2D eigenvalue weighted by atomic mass is 31.2. The Hall–Kier alpha value is -2.58. The molecule has 2 atom stereocenters. The second-order valence-electron chi connectivity index (χ2n) is 16.4. The normalized spacial score (nSPS) is 14.6. The van der Waals surface area contributed by atoms with Gasteiger partial charge in [0.1, 0.15) is 19.3 Å². The minimum absolute atomic E-state index is 0.0705. The molecule has 0 aliphatic heterocycles. The molecule has 0 spiro atoms. The van der Waals surface area contributed by atoms with Gasteiger partial charge in [-0.3, -0.25) is 13.8 Å². The Morgan fingerprint density at radius 3 is 1.45 bits per heavy atom. The van der Waals surface area contributed by atoms with Crippen molar-refractivity contribution < 1.29 is 37.3 Å². The third-order valence-corrected chi connectivity index (χ3v) is 10.4. The molecule has 0 aliphatic rings. The molecule has 0 heterocycles. The number of hydrogen-bond donors (Lipinski definition) is 1. The minimum Gasteiger partial charge on any atom is -0.457 e. The Morgan fingerprint density at radius 2 is 0.967 bits per heavy atom. The first-order chi connectivity index (χ1) is 29.1. The molecule has 0 rings (SSSR count). The molecule has 60 heavy (non-hydrogen) atoms. The number of esters is 1. The molecule has 0 aromatic carbocycles. The summed E-state index contributed by atoms with van der Waals surface area (Å²) in [6.07, 6.45) is 58.8. The first-order valence-electron chi connectivity index (χ1n) is 23.5. The van der Waals surface area contributed by atoms with Crippen LogP contribution in [0, 0.1) is 0 Å². The predicted octanol–water partition coefficient (Wildman–Crippen LogP) is 14.2. The van der Waals surface area contributed by atoms with Crippen LogP contribution in [0.25, 0.3) is 0 Å². The number of carbonyl (C=O) groups is 1. The van der Waals surface area contributed by atoms with E-state index >= 15 is 0 Å². The second kappa shape index (κ2) is 43.1. The third-order valence-electron chi connectivity index (χ3n) is 9.38. The molecule has 0 fully saturated rings. The second-order valence-corrected chi connectivity index (χ2v) is 17.9. The lowest BCUT2D eigenvalue weighted by atomic mass is 10.1. The number of likely N-dealkylation sites (N-methyl/N-ethyl adjacent to an activating group) is 1. The summed E-state index contributed by atoms with van der Waals surface area (Å²) >= 11 is 0. The van der Waals surface area contributed by atoms with Crippen LogP contribution in [0.3, 0.4) is 0 Å². The average molecular weight is 859 g/mol. The Labute approximate surface area is 368 Å². The van der Waals surface area contributed by atoms with Crippen molar-refractivity contribution in [2.75, 3.05) is 54.1 Å². The van der Waals surface area contributed by atoms with Crippen molar-refractivity contribution in [1.82, 2.24) is 0 Å². The molecule has 0 aliphatic carbocycles. The zero-order valence-electron chi connectivity index (χ0n) is 38.9. The molecular formula is C51H89NO7P+. The van der Waals surface area contributed by atoms with Crippen LogP contribution in [0.5, 0.6) is 0 Å². The molecule has 2 unspecified atom stereocenters. The van der Waals surface area contributed by atoms with Gasteiger partial charge in [-0.1, -0.05) is 162 Å². The highest BCUT2D eigenvalue weighted by molar-refractivity contribution is 7.47. The predicted molar refractivity (Wildman–Crippen MR) is 256 cm³/mol. The molecule has 8 nitrogen and oxygen atoms in total. The van der Waals surface area contributed by atoms with Crippen molar-refractivity contribution in [3.8, 4) is 0 Å². The van der Waals surface area contributed by atoms with Crippen molar-refractivity contribution in [2.24, 2.45) is 0 Å². The topological polar surface area (TPSA) is 91.3 Å². The maximum Gasteiger partial charge on any atom is 0.472 e. The maximum absolute atomic E-state index is 12.7. The first-order valence-corrected chi connectivity index (χ1v) is 25.0. The summed E-state index contributed by atoms with van der Waals surface area (Å²) in [5, 5.41) is 0.